The largest absolute Gasteiger partial charge is 0.486 e. The Morgan fingerprint density at radius 2 is 1.70 bits per heavy atom. The lowest BCUT2D eigenvalue weighted by Gasteiger charge is -2.18. The molecule has 0 saturated carbocycles. The van der Waals surface area contributed by atoms with E-state index in [4.69, 9.17) is 9.47 Å². The highest BCUT2D eigenvalue weighted by atomic mass is 19.1. The molecule has 0 saturated heterocycles. The molecule has 27 heavy (non-hydrogen) atoms. The molecular weight excluding hydrogens is 349 g/mol. The summed E-state index contributed by atoms with van der Waals surface area (Å²) >= 11 is 0. The van der Waals surface area contributed by atoms with Gasteiger partial charge in [0.1, 0.15) is 19.0 Å². The fourth-order valence-corrected chi connectivity index (χ4v) is 3.17. The number of benzene rings is 2. The molecule has 0 unspecified atom stereocenters. The number of ether oxygens (including phenoxy) is 2. The highest BCUT2D eigenvalue weighted by molar-refractivity contribution is 5.78. The minimum Gasteiger partial charge on any atom is -0.486 e. The van der Waals surface area contributed by atoms with Gasteiger partial charge in [-0.15, -0.1) is 0 Å². The van der Waals surface area contributed by atoms with Gasteiger partial charge < -0.3 is 9.47 Å². The summed E-state index contributed by atoms with van der Waals surface area (Å²) in [6, 6.07) is 13.0. The van der Waals surface area contributed by atoms with Gasteiger partial charge in [-0.1, -0.05) is 12.1 Å². The molecule has 1 aliphatic heterocycles. The SMILES string of the molecule is O=c1cc(-c2ccc3c(c2)OCCO3)nc2c(-c3ccc(F)cc3)c[nH]n12. The number of halogens is 1. The van der Waals surface area contributed by atoms with Crippen molar-refractivity contribution in [2.75, 3.05) is 13.2 Å². The third-order valence-electron chi connectivity index (χ3n) is 4.49. The molecule has 0 atom stereocenters. The van der Waals surface area contributed by atoms with Crippen LogP contribution in [0.25, 0.3) is 28.0 Å². The van der Waals surface area contributed by atoms with Crippen molar-refractivity contribution in [3.8, 4) is 33.9 Å². The van der Waals surface area contributed by atoms with Crippen LogP contribution in [0.3, 0.4) is 0 Å². The van der Waals surface area contributed by atoms with E-state index in [1.54, 1.807) is 18.3 Å². The molecule has 0 bridgehead atoms. The van der Waals surface area contributed by atoms with Gasteiger partial charge in [-0.3, -0.25) is 9.89 Å². The molecule has 1 N–H and O–H groups in total. The number of aromatic amines is 1. The monoisotopic (exact) mass is 363 g/mol. The van der Waals surface area contributed by atoms with Crippen LogP contribution in [-0.4, -0.2) is 27.8 Å². The molecular formula is C20H14FN3O3. The molecule has 0 fully saturated rings. The smallest absolute Gasteiger partial charge is 0.273 e. The summed E-state index contributed by atoms with van der Waals surface area (Å²) in [5.74, 6) is 0.991. The Hall–Kier alpha value is -3.61. The Morgan fingerprint density at radius 3 is 2.52 bits per heavy atom. The molecule has 0 radical (unpaired) electrons. The van der Waals surface area contributed by atoms with Gasteiger partial charge in [0.05, 0.1) is 5.69 Å². The van der Waals surface area contributed by atoms with Crippen LogP contribution in [-0.2, 0) is 0 Å². The van der Waals surface area contributed by atoms with E-state index in [1.165, 1.54) is 22.7 Å². The normalized spacial score (nSPS) is 13.1. The average Bonchev–Trinajstić information content (AvgIpc) is 3.13. The topological polar surface area (TPSA) is 68.6 Å². The van der Waals surface area contributed by atoms with Gasteiger partial charge in [0.2, 0.25) is 0 Å². The summed E-state index contributed by atoms with van der Waals surface area (Å²) < 4.78 is 25.7. The maximum Gasteiger partial charge on any atom is 0.273 e. The molecule has 134 valence electrons. The number of fused-ring (bicyclic) bond motifs is 2. The molecule has 5 rings (SSSR count). The van der Waals surface area contributed by atoms with E-state index in [9.17, 15) is 9.18 Å². The second-order valence-corrected chi connectivity index (χ2v) is 6.19. The lowest BCUT2D eigenvalue weighted by atomic mass is 10.1. The van der Waals surface area contributed by atoms with Crippen molar-refractivity contribution in [1.29, 1.82) is 0 Å². The number of nitrogens with one attached hydrogen (secondary N) is 1. The van der Waals surface area contributed by atoms with Crippen molar-refractivity contribution in [3.05, 3.63) is 70.9 Å². The first-order chi connectivity index (χ1) is 13.2. The molecule has 2 aromatic heterocycles. The first kappa shape index (κ1) is 15.6. The van der Waals surface area contributed by atoms with Crippen LogP contribution < -0.4 is 15.0 Å². The molecule has 0 spiro atoms. The van der Waals surface area contributed by atoms with Crippen LogP contribution in [0.2, 0.25) is 0 Å². The fourth-order valence-electron chi connectivity index (χ4n) is 3.17. The minimum absolute atomic E-state index is 0.238. The summed E-state index contributed by atoms with van der Waals surface area (Å²) in [5.41, 5.74) is 3.00. The maximum absolute atomic E-state index is 13.2. The molecule has 4 aromatic rings. The third kappa shape index (κ3) is 2.64. The summed E-state index contributed by atoms with van der Waals surface area (Å²) in [6.45, 7) is 1.00. The molecule has 0 aliphatic carbocycles. The zero-order chi connectivity index (χ0) is 18.4. The van der Waals surface area contributed by atoms with Gasteiger partial charge >= 0.3 is 0 Å². The number of hydrogen-bond donors (Lipinski definition) is 1. The van der Waals surface area contributed by atoms with E-state index in [0.717, 1.165) is 11.1 Å². The summed E-state index contributed by atoms with van der Waals surface area (Å²) in [6.07, 6.45) is 1.69. The van der Waals surface area contributed by atoms with Crippen molar-refractivity contribution >= 4 is 5.65 Å². The van der Waals surface area contributed by atoms with E-state index in [2.05, 4.69) is 10.1 Å². The van der Waals surface area contributed by atoms with Crippen molar-refractivity contribution in [2.45, 2.75) is 0 Å². The fraction of sp³-hybridized carbons (Fsp3) is 0.100. The van der Waals surface area contributed by atoms with Gasteiger partial charge in [-0.2, -0.15) is 0 Å². The van der Waals surface area contributed by atoms with Crippen molar-refractivity contribution in [2.24, 2.45) is 0 Å². The van der Waals surface area contributed by atoms with Gasteiger partial charge in [-0.05, 0) is 35.9 Å². The van der Waals surface area contributed by atoms with Gasteiger partial charge in [0, 0.05) is 23.4 Å². The first-order valence-electron chi connectivity index (χ1n) is 8.46. The molecule has 6 nitrogen and oxygen atoms in total. The predicted molar refractivity (Wildman–Crippen MR) is 97.6 cm³/mol. The molecule has 0 amide bonds. The predicted octanol–water partition coefficient (Wildman–Crippen LogP) is 3.27. The standard InChI is InChI=1S/C20H14FN3O3/c21-14-4-1-12(2-5-14)15-11-22-24-19(25)10-16(23-20(15)24)13-3-6-17-18(9-13)27-8-7-26-17/h1-6,9-11,22H,7-8H2. The molecule has 1 aliphatic rings. The Bertz CT molecular complexity index is 1210. The lowest BCUT2D eigenvalue weighted by molar-refractivity contribution is 0.171. The van der Waals surface area contributed by atoms with Gasteiger partial charge in [-0.25, -0.2) is 13.9 Å². The zero-order valence-corrected chi connectivity index (χ0v) is 14.1. The number of H-pyrrole nitrogens is 1. The Morgan fingerprint density at radius 1 is 0.963 bits per heavy atom. The highest BCUT2D eigenvalue weighted by Gasteiger charge is 2.15. The summed E-state index contributed by atoms with van der Waals surface area (Å²) in [5, 5.41) is 2.90. The van der Waals surface area contributed by atoms with E-state index < -0.39 is 0 Å². The zero-order valence-electron chi connectivity index (χ0n) is 14.1. The highest BCUT2D eigenvalue weighted by Crippen LogP contribution is 2.34. The number of aromatic nitrogens is 3. The number of nitrogens with zero attached hydrogens (tertiary/aromatic N) is 2. The quantitative estimate of drug-likeness (QED) is 0.594. The third-order valence-corrected chi connectivity index (χ3v) is 4.49. The van der Waals surface area contributed by atoms with Crippen molar-refractivity contribution in [1.82, 2.24) is 14.6 Å². The van der Waals surface area contributed by atoms with Crippen LogP contribution in [0.4, 0.5) is 4.39 Å². The molecule has 2 aromatic carbocycles. The maximum atomic E-state index is 13.2. The van der Waals surface area contributed by atoms with E-state index in [1.807, 2.05) is 18.2 Å². The van der Waals surface area contributed by atoms with Crippen LogP contribution in [0.1, 0.15) is 0 Å². The Labute approximate surface area is 152 Å². The number of rotatable bonds is 2. The Kier molecular flexibility index (Phi) is 3.46. The second kappa shape index (κ2) is 5.98. The van der Waals surface area contributed by atoms with Gasteiger partial charge in [0.15, 0.2) is 17.1 Å². The van der Waals surface area contributed by atoms with Crippen LogP contribution >= 0.6 is 0 Å². The average molecular weight is 363 g/mol. The van der Waals surface area contributed by atoms with Crippen LogP contribution in [0.15, 0.2) is 59.5 Å². The molecule has 3 heterocycles. The van der Waals surface area contributed by atoms with Crippen LogP contribution in [0.5, 0.6) is 11.5 Å². The minimum atomic E-state index is -0.319. The van der Waals surface area contributed by atoms with Crippen molar-refractivity contribution in [3.63, 3.8) is 0 Å². The van der Waals surface area contributed by atoms with E-state index >= 15 is 0 Å². The first-order valence-corrected chi connectivity index (χ1v) is 8.46. The van der Waals surface area contributed by atoms with E-state index in [0.29, 0.717) is 41.6 Å². The summed E-state index contributed by atoms with van der Waals surface area (Å²) in [7, 11) is 0. The van der Waals surface area contributed by atoms with Crippen LogP contribution in [0, 0.1) is 5.82 Å². The lowest BCUT2D eigenvalue weighted by Crippen LogP contribution is -2.16. The Balaban J connectivity index is 1.67. The number of hydrogen-bond acceptors (Lipinski definition) is 4. The second-order valence-electron chi connectivity index (χ2n) is 6.19. The van der Waals surface area contributed by atoms with Crippen molar-refractivity contribution < 1.29 is 13.9 Å². The summed E-state index contributed by atoms with van der Waals surface area (Å²) in [4.78, 5) is 17.2. The van der Waals surface area contributed by atoms with Gasteiger partial charge in [0.25, 0.3) is 5.56 Å². The molecule has 7 heteroatoms. The van der Waals surface area contributed by atoms with E-state index in [-0.39, 0.29) is 11.4 Å².